The van der Waals surface area contributed by atoms with Crippen LogP contribution < -0.4 is 9.47 Å². The third-order valence-electron chi connectivity index (χ3n) is 6.58. The number of hydrogen-bond donors (Lipinski definition) is 2. The van der Waals surface area contributed by atoms with Crippen molar-refractivity contribution in [1.82, 2.24) is 4.90 Å². The lowest BCUT2D eigenvalue weighted by Gasteiger charge is -2.34. The Morgan fingerprint density at radius 3 is 2.28 bits per heavy atom. The number of ether oxygens (including phenoxy) is 2. The molecule has 0 saturated carbocycles. The summed E-state index contributed by atoms with van der Waals surface area (Å²) in [6.07, 6.45) is 2.58. The van der Waals surface area contributed by atoms with E-state index < -0.39 is 0 Å². The van der Waals surface area contributed by atoms with Gasteiger partial charge >= 0.3 is 0 Å². The van der Waals surface area contributed by atoms with E-state index in [0.29, 0.717) is 13.2 Å². The largest absolute Gasteiger partial charge is 0.508 e. The molecule has 1 saturated heterocycles. The van der Waals surface area contributed by atoms with Gasteiger partial charge in [-0.25, -0.2) is 0 Å². The van der Waals surface area contributed by atoms with Crippen molar-refractivity contribution in [2.24, 2.45) is 0 Å². The fourth-order valence-electron chi connectivity index (χ4n) is 4.90. The number of fused-ring (bicyclic) bond motifs is 1. The molecule has 5 nitrogen and oxygen atoms in total. The average Bonchev–Trinajstić information content (AvgIpc) is 3.33. The minimum atomic E-state index is 0.0223. The first-order valence-corrected chi connectivity index (χ1v) is 11.4. The molecule has 3 aromatic rings. The first-order chi connectivity index (χ1) is 15.7. The van der Waals surface area contributed by atoms with Crippen molar-refractivity contribution in [3.63, 3.8) is 0 Å². The molecule has 0 bridgehead atoms. The number of hydrogen-bond acceptors (Lipinski definition) is 5. The van der Waals surface area contributed by atoms with Crippen LogP contribution in [0.4, 0.5) is 0 Å². The molecule has 1 fully saturated rings. The van der Waals surface area contributed by atoms with E-state index in [1.54, 1.807) is 24.3 Å². The average molecular weight is 432 g/mol. The second kappa shape index (κ2) is 9.13. The molecule has 32 heavy (non-hydrogen) atoms. The number of nitrogens with zero attached hydrogens (tertiary/aromatic N) is 1. The van der Waals surface area contributed by atoms with Crippen LogP contribution in [0.5, 0.6) is 23.0 Å². The highest BCUT2D eigenvalue weighted by molar-refractivity contribution is 5.51. The van der Waals surface area contributed by atoms with Gasteiger partial charge in [0.2, 0.25) is 0 Å². The number of rotatable bonds is 6. The van der Waals surface area contributed by atoms with Gasteiger partial charge in [0.15, 0.2) is 0 Å². The molecule has 2 N–H and O–H groups in total. The quantitative estimate of drug-likeness (QED) is 0.582. The Morgan fingerprint density at radius 1 is 0.844 bits per heavy atom. The molecule has 3 aromatic carbocycles. The molecule has 5 heteroatoms. The Morgan fingerprint density at radius 2 is 1.53 bits per heavy atom. The van der Waals surface area contributed by atoms with E-state index in [-0.39, 0.29) is 23.3 Å². The Kier molecular flexibility index (Phi) is 5.91. The maximum absolute atomic E-state index is 10.2. The monoisotopic (exact) mass is 431 g/mol. The van der Waals surface area contributed by atoms with E-state index in [1.165, 1.54) is 25.9 Å². The Balaban J connectivity index is 1.40. The molecule has 5 rings (SSSR count). The maximum atomic E-state index is 10.2. The van der Waals surface area contributed by atoms with E-state index in [2.05, 4.69) is 17.0 Å². The van der Waals surface area contributed by atoms with Crippen LogP contribution in [0, 0.1) is 0 Å². The smallest absolute Gasteiger partial charge is 0.123 e. The van der Waals surface area contributed by atoms with Gasteiger partial charge in [-0.2, -0.15) is 0 Å². The summed E-state index contributed by atoms with van der Waals surface area (Å²) in [5.74, 6) is 2.23. The molecule has 0 aliphatic carbocycles. The van der Waals surface area contributed by atoms with Crippen LogP contribution in [0.3, 0.4) is 0 Å². The molecule has 0 spiro atoms. The normalized spacial score (nSPS) is 20.5. The van der Waals surface area contributed by atoms with Crippen molar-refractivity contribution in [2.75, 3.05) is 32.8 Å². The summed E-state index contributed by atoms with van der Waals surface area (Å²) in [6.45, 7) is 4.55. The molecular weight excluding hydrogens is 402 g/mol. The highest BCUT2D eigenvalue weighted by Gasteiger charge is 2.33. The molecule has 0 amide bonds. The molecule has 0 unspecified atom stereocenters. The summed E-state index contributed by atoms with van der Waals surface area (Å²) in [4.78, 5) is 2.45. The molecule has 0 radical (unpaired) electrons. The van der Waals surface area contributed by atoms with E-state index in [4.69, 9.17) is 9.47 Å². The van der Waals surface area contributed by atoms with Crippen molar-refractivity contribution in [1.29, 1.82) is 0 Å². The molecule has 0 aromatic heterocycles. The predicted octanol–water partition coefficient (Wildman–Crippen LogP) is 4.88. The molecule has 2 aliphatic rings. The second-order valence-corrected chi connectivity index (χ2v) is 8.68. The minimum Gasteiger partial charge on any atom is -0.508 e. The zero-order valence-electron chi connectivity index (χ0n) is 18.1. The van der Waals surface area contributed by atoms with Crippen LogP contribution in [-0.2, 0) is 0 Å². The van der Waals surface area contributed by atoms with Crippen LogP contribution >= 0.6 is 0 Å². The van der Waals surface area contributed by atoms with Crippen molar-refractivity contribution in [2.45, 2.75) is 24.7 Å². The second-order valence-electron chi connectivity index (χ2n) is 8.68. The Labute approximate surface area is 188 Å². The van der Waals surface area contributed by atoms with E-state index >= 15 is 0 Å². The maximum Gasteiger partial charge on any atom is 0.123 e. The first kappa shape index (κ1) is 20.7. The Hall–Kier alpha value is -3.18. The number of likely N-dealkylation sites (tertiary alicyclic amines) is 1. The third kappa shape index (κ3) is 4.39. The highest BCUT2D eigenvalue weighted by Crippen LogP contribution is 2.47. The lowest BCUT2D eigenvalue weighted by atomic mass is 9.76. The van der Waals surface area contributed by atoms with Gasteiger partial charge in [0, 0.05) is 23.9 Å². The van der Waals surface area contributed by atoms with Crippen molar-refractivity contribution >= 4 is 0 Å². The zero-order chi connectivity index (χ0) is 21.9. The van der Waals surface area contributed by atoms with Crippen LogP contribution in [0.2, 0.25) is 0 Å². The van der Waals surface area contributed by atoms with Gasteiger partial charge in [0.05, 0.1) is 6.61 Å². The molecular formula is C27H29NO4. The third-order valence-corrected chi connectivity index (χ3v) is 6.58. The van der Waals surface area contributed by atoms with E-state index in [0.717, 1.165) is 34.7 Å². The standard InChI is InChI=1S/C27H29NO4/c29-21-7-3-19(4-8-21)25-18-32-26-12-9-22(30)17-24(26)27(25)20-5-10-23(11-6-20)31-16-15-28-13-1-2-14-28/h3-12,17,25,27,29-30H,1-2,13-16,18H2/t25-,27-/m1/s1. The van der Waals surface area contributed by atoms with Gasteiger partial charge < -0.3 is 19.7 Å². The fourth-order valence-corrected chi connectivity index (χ4v) is 4.90. The van der Waals surface area contributed by atoms with Gasteiger partial charge in [-0.15, -0.1) is 0 Å². The van der Waals surface area contributed by atoms with Gasteiger partial charge in [0.25, 0.3) is 0 Å². The number of phenols is 2. The van der Waals surface area contributed by atoms with E-state index in [9.17, 15) is 10.2 Å². The molecule has 2 heterocycles. The first-order valence-electron chi connectivity index (χ1n) is 11.4. The van der Waals surface area contributed by atoms with Crippen LogP contribution in [-0.4, -0.2) is 48.0 Å². The number of aromatic hydroxyl groups is 2. The van der Waals surface area contributed by atoms with Gasteiger partial charge in [-0.3, -0.25) is 4.90 Å². The summed E-state index contributed by atoms with van der Waals surface area (Å²) < 4.78 is 12.0. The lowest BCUT2D eigenvalue weighted by Crippen LogP contribution is -2.25. The lowest BCUT2D eigenvalue weighted by molar-refractivity contribution is 0.237. The summed E-state index contributed by atoms with van der Waals surface area (Å²) in [6, 6.07) is 20.9. The molecule has 166 valence electrons. The SMILES string of the molecule is Oc1ccc([C@H]2COc3ccc(O)cc3[C@H]2c2ccc(OCCN3CCCC3)cc2)cc1. The molecule has 2 atom stereocenters. The van der Waals surface area contributed by atoms with Gasteiger partial charge in [0.1, 0.15) is 29.6 Å². The van der Waals surface area contributed by atoms with Crippen LogP contribution in [0.15, 0.2) is 66.7 Å². The summed E-state index contributed by atoms with van der Waals surface area (Å²) in [5.41, 5.74) is 3.20. The van der Waals surface area contributed by atoms with Crippen LogP contribution in [0.25, 0.3) is 0 Å². The van der Waals surface area contributed by atoms with Crippen LogP contribution in [0.1, 0.15) is 41.4 Å². The number of benzene rings is 3. The van der Waals surface area contributed by atoms with Crippen molar-refractivity contribution < 1.29 is 19.7 Å². The topological polar surface area (TPSA) is 62.2 Å². The summed E-state index contributed by atoms with van der Waals surface area (Å²) in [5, 5.41) is 19.9. The zero-order valence-corrected chi connectivity index (χ0v) is 18.1. The minimum absolute atomic E-state index is 0.0223. The summed E-state index contributed by atoms with van der Waals surface area (Å²) >= 11 is 0. The predicted molar refractivity (Wildman–Crippen MR) is 124 cm³/mol. The Bertz CT molecular complexity index is 1040. The number of phenolic OH excluding ortho intramolecular Hbond substituents is 2. The van der Waals surface area contributed by atoms with Gasteiger partial charge in [-0.1, -0.05) is 24.3 Å². The van der Waals surface area contributed by atoms with Gasteiger partial charge in [-0.05, 0) is 79.5 Å². The fraction of sp³-hybridized carbons (Fsp3) is 0.333. The summed E-state index contributed by atoms with van der Waals surface area (Å²) in [7, 11) is 0. The van der Waals surface area contributed by atoms with E-state index in [1.807, 2.05) is 30.3 Å². The highest BCUT2D eigenvalue weighted by atomic mass is 16.5. The molecule has 2 aliphatic heterocycles. The van der Waals surface area contributed by atoms with Crippen molar-refractivity contribution in [3.8, 4) is 23.0 Å². The van der Waals surface area contributed by atoms with Crippen molar-refractivity contribution in [3.05, 3.63) is 83.4 Å².